The van der Waals surface area contributed by atoms with Crippen LogP contribution in [0.1, 0.15) is 6.92 Å². The first-order chi connectivity index (χ1) is 10.7. The monoisotopic (exact) mass is 296 g/mol. The molecule has 4 heteroatoms. The van der Waals surface area contributed by atoms with Crippen LogP contribution in [-0.4, -0.2) is 20.4 Å². The molecule has 0 aromatic heterocycles. The van der Waals surface area contributed by atoms with Gasteiger partial charge in [-0.05, 0) is 61.5 Å². The molecule has 2 aromatic carbocycles. The molecule has 0 aliphatic rings. The minimum absolute atomic E-state index is 0.826. The van der Waals surface area contributed by atoms with E-state index >= 15 is 0 Å². The van der Waals surface area contributed by atoms with Crippen molar-refractivity contribution in [1.82, 2.24) is 0 Å². The lowest BCUT2D eigenvalue weighted by molar-refractivity contribution is 0.415. The van der Waals surface area contributed by atoms with Crippen LogP contribution in [0.4, 0.5) is 11.4 Å². The molecule has 2 aromatic rings. The van der Waals surface area contributed by atoms with Crippen molar-refractivity contribution in [2.24, 2.45) is 4.99 Å². The zero-order valence-corrected chi connectivity index (χ0v) is 13.0. The summed E-state index contributed by atoms with van der Waals surface area (Å²) in [5.41, 5.74) is 2.89. The Bertz CT molecular complexity index is 644. The Morgan fingerprint density at radius 2 is 1.45 bits per heavy atom. The molecular weight excluding hydrogens is 276 g/mol. The topological polar surface area (TPSA) is 42.8 Å². The van der Waals surface area contributed by atoms with Crippen LogP contribution in [-0.2, 0) is 0 Å². The smallest absolute Gasteiger partial charge is 0.119 e. The highest BCUT2D eigenvalue weighted by atomic mass is 16.5. The van der Waals surface area contributed by atoms with Crippen LogP contribution in [0, 0.1) is 0 Å². The van der Waals surface area contributed by atoms with Crippen molar-refractivity contribution in [3.8, 4) is 11.5 Å². The lowest BCUT2D eigenvalue weighted by atomic mass is 10.3. The summed E-state index contributed by atoms with van der Waals surface area (Å²) in [7, 11) is 3.30. The molecule has 0 saturated heterocycles. The molecule has 0 atom stereocenters. The van der Waals surface area contributed by atoms with E-state index in [1.165, 1.54) is 0 Å². The third-order valence-corrected chi connectivity index (χ3v) is 3.05. The highest BCUT2D eigenvalue weighted by Crippen LogP contribution is 2.18. The van der Waals surface area contributed by atoms with Crippen LogP contribution in [0.2, 0.25) is 0 Å². The number of ether oxygens (including phenoxy) is 2. The van der Waals surface area contributed by atoms with Crippen LogP contribution in [0.5, 0.6) is 11.5 Å². The Balaban J connectivity index is 1.94. The van der Waals surface area contributed by atoms with E-state index in [1.54, 1.807) is 20.4 Å². The standard InChI is InChI=1S/C18H20N2O2/c1-14(20-16-6-10-18(22-3)11-7-16)12-13-19-15-4-8-17(21-2)9-5-15/h4-13,20H,1-3H3/b14-12+,19-13?. The fourth-order valence-corrected chi connectivity index (χ4v) is 1.85. The van der Waals surface area contributed by atoms with E-state index in [9.17, 15) is 0 Å². The van der Waals surface area contributed by atoms with E-state index in [4.69, 9.17) is 9.47 Å². The van der Waals surface area contributed by atoms with E-state index in [-0.39, 0.29) is 0 Å². The molecule has 0 aliphatic heterocycles. The maximum Gasteiger partial charge on any atom is 0.119 e. The zero-order chi connectivity index (χ0) is 15.8. The van der Waals surface area contributed by atoms with Gasteiger partial charge in [-0.15, -0.1) is 0 Å². The number of anilines is 1. The average molecular weight is 296 g/mol. The highest BCUT2D eigenvalue weighted by Gasteiger charge is 1.94. The molecule has 0 heterocycles. The molecule has 0 aliphatic carbocycles. The van der Waals surface area contributed by atoms with Gasteiger partial charge in [-0.3, -0.25) is 4.99 Å². The van der Waals surface area contributed by atoms with Crippen LogP contribution in [0.3, 0.4) is 0 Å². The third-order valence-electron chi connectivity index (χ3n) is 3.05. The van der Waals surface area contributed by atoms with Gasteiger partial charge in [0, 0.05) is 17.6 Å². The number of benzene rings is 2. The van der Waals surface area contributed by atoms with Crippen molar-refractivity contribution in [1.29, 1.82) is 0 Å². The predicted octanol–water partition coefficient (Wildman–Crippen LogP) is 4.42. The lowest BCUT2D eigenvalue weighted by Crippen LogP contribution is -1.95. The molecule has 0 fully saturated rings. The van der Waals surface area contributed by atoms with E-state index < -0.39 is 0 Å². The van der Waals surface area contributed by atoms with Gasteiger partial charge in [-0.25, -0.2) is 0 Å². The van der Waals surface area contributed by atoms with E-state index in [0.717, 1.165) is 28.6 Å². The van der Waals surface area contributed by atoms with Crippen LogP contribution in [0.25, 0.3) is 0 Å². The minimum atomic E-state index is 0.826. The number of nitrogens with zero attached hydrogens (tertiary/aromatic N) is 1. The van der Waals surface area contributed by atoms with Gasteiger partial charge in [0.2, 0.25) is 0 Å². The van der Waals surface area contributed by atoms with Crippen molar-refractivity contribution in [2.45, 2.75) is 6.92 Å². The number of rotatable bonds is 6. The quantitative estimate of drug-likeness (QED) is 0.802. The Morgan fingerprint density at radius 3 is 2.00 bits per heavy atom. The van der Waals surface area contributed by atoms with Gasteiger partial charge in [0.1, 0.15) is 11.5 Å². The van der Waals surface area contributed by atoms with Gasteiger partial charge in [0.05, 0.1) is 19.9 Å². The van der Waals surface area contributed by atoms with Crippen molar-refractivity contribution >= 4 is 17.6 Å². The van der Waals surface area contributed by atoms with Gasteiger partial charge in [0.25, 0.3) is 0 Å². The SMILES string of the molecule is COc1ccc(N=C/C=C(\C)Nc2ccc(OC)cc2)cc1. The van der Waals surface area contributed by atoms with Crippen molar-refractivity contribution in [2.75, 3.05) is 19.5 Å². The maximum absolute atomic E-state index is 5.13. The van der Waals surface area contributed by atoms with Gasteiger partial charge in [-0.1, -0.05) is 0 Å². The second-order valence-corrected chi connectivity index (χ2v) is 4.68. The summed E-state index contributed by atoms with van der Waals surface area (Å²) in [6.45, 7) is 1.99. The van der Waals surface area contributed by atoms with Gasteiger partial charge >= 0.3 is 0 Å². The van der Waals surface area contributed by atoms with Crippen molar-refractivity contribution in [3.63, 3.8) is 0 Å². The van der Waals surface area contributed by atoms with Gasteiger partial charge < -0.3 is 14.8 Å². The van der Waals surface area contributed by atoms with Crippen LogP contribution in [0.15, 0.2) is 65.3 Å². The predicted molar refractivity (Wildman–Crippen MR) is 91.5 cm³/mol. The summed E-state index contributed by atoms with van der Waals surface area (Å²) in [6.07, 6.45) is 3.70. The Labute approximate surface area is 131 Å². The average Bonchev–Trinajstić information content (AvgIpc) is 2.56. The normalized spacial score (nSPS) is 11.5. The minimum Gasteiger partial charge on any atom is -0.497 e. The van der Waals surface area contributed by atoms with Crippen LogP contribution >= 0.6 is 0 Å². The molecule has 0 spiro atoms. The summed E-state index contributed by atoms with van der Waals surface area (Å²) < 4.78 is 10.2. The highest BCUT2D eigenvalue weighted by molar-refractivity contribution is 5.76. The zero-order valence-electron chi connectivity index (χ0n) is 13.0. The Hall–Kier alpha value is -2.75. The summed E-state index contributed by atoms with van der Waals surface area (Å²) in [4.78, 5) is 4.37. The molecule has 0 bridgehead atoms. The molecule has 4 nitrogen and oxygen atoms in total. The molecule has 0 amide bonds. The summed E-state index contributed by atoms with van der Waals surface area (Å²) in [5.74, 6) is 1.67. The first kappa shape index (κ1) is 15.6. The summed E-state index contributed by atoms with van der Waals surface area (Å²) >= 11 is 0. The number of aliphatic imine (C=N–C) groups is 1. The number of methoxy groups -OCH3 is 2. The second-order valence-electron chi connectivity index (χ2n) is 4.68. The molecule has 22 heavy (non-hydrogen) atoms. The van der Waals surface area contributed by atoms with E-state index in [2.05, 4.69) is 10.3 Å². The lowest BCUT2D eigenvalue weighted by Gasteiger charge is -2.06. The van der Waals surface area contributed by atoms with E-state index in [0.29, 0.717) is 0 Å². The van der Waals surface area contributed by atoms with Gasteiger partial charge in [-0.2, -0.15) is 0 Å². The van der Waals surface area contributed by atoms with Crippen molar-refractivity contribution in [3.05, 3.63) is 60.3 Å². The number of allylic oxidation sites excluding steroid dienone is 2. The number of hydrogen-bond acceptors (Lipinski definition) is 4. The second kappa shape index (κ2) is 7.88. The van der Waals surface area contributed by atoms with E-state index in [1.807, 2.05) is 61.5 Å². The molecule has 0 saturated carbocycles. The number of hydrogen-bond donors (Lipinski definition) is 1. The van der Waals surface area contributed by atoms with Gasteiger partial charge in [0.15, 0.2) is 0 Å². The largest absolute Gasteiger partial charge is 0.497 e. The number of nitrogens with one attached hydrogen (secondary N) is 1. The molecule has 114 valence electrons. The molecule has 1 N–H and O–H groups in total. The summed E-state index contributed by atoms with van der Waals surface area (Å²) in [6, 6.07) is 15.4. The first-order valence-corrected chi connectivity index (χ1v) is 6.97. The van der Waals surface area contributed by atoms with Crippen LogP contribution < -0.4 is 14.8 Å². The maximum atomic E-state index is 5.13. The van der Waals surface area contributed by atoms with Crippen molar-refractivity contribution < 1.29 is 9.47 Å². The Kier molecular flexibility index (Phi) is 5.60. The third kappa shape index (κ3) is 4.66. The summed E-state index contributed by atoms with van der Waals surface area (Å²) in [5, 5.41) is 3.29. The fourth-order valence-electron chi connectivity index (χ4n) is 1.85. The molecule has 0 radical (unpaired) electrons. The Morgan fingerprint density at radius 1 is 0.909 bits per heavy atom. The molecule has 0 unspecified atom stereocenters. The molecular formula is C18H20N2O2. The molecule has 2 rings (SSSR count). The first-order valence-electron chi connectivity index (χ1n) is 6.97. The fraction of sp³-hybridized carbons (Fsp3) is 0.167.